The van der Waals surface area contributed by atoms with Gasteiger partial charge in [0.25, 0.3) is 0 Å². The van der Waals surface area contributed by atoms with Crippen LogP contribution >= 0.6 is 0 Å². The molecule has 2 N–H and O–H groups in total. The van der Waals surface area contributed by atoms with E-state index in [0.29, 0.717) is 24.8 Å². The summed E-state index contributed by atoms with van der Waals surface area (Å²) in [5.41, 5.74) is 2.85. The molecule has 1 atom stereocenters. The van der Waals surface area contributed by atoms with Gasteiger partial charge in [-0.15, -0.1) is 5.10 Å². The van der Waals surface area contributed by atoms with E-state index in [4.69, 9.17) is 0 Å². The summed E-state index contributed by atoms with van der Waals surface area (Å²) >= 11 is 0. The van der Waals surface area contributed by atoms with Crippen molar-refractivity contribution in [2.24, 2.45) is 5.92 Å². The van der Waals surface area contributed by atoms with Crippen LogP contribution < -0.4 is 5.32 Å². The molecular weight excluding hydrogens is 411 g/mol. The number of aromatic amines is 1. The Morgan fingerprint density at radius 1 is 1.23 bits per heavy atom. The first-order chi connectivity index (χ1) is 14.9. The third kappa shape index (κ3) is 3.98. The van der Waals surface area contributed by atoms with E-state index in [2.05, 4.69) is 30.5 Å². The minimum Gasteiger partial charge on any atom is -0.346 e. The minimum absolute atomic E-state index is 0.339. The molecule has 0 bridgehead atoms. The number of halogens is 3. The van der Waals surface area contributed by atoms with Gasteiger partial charge < -0.3 is 15.2 Å². The van der Waals surface area contributed by atoms with E-state index in [1.54, 1.807) is 10.8 Å². The van der Waals surface area contributed by atoms with Crippen LogP contribution in [0.4, 0.5) is 13.2 Å². The first-order valence-electron chi connectivity index (χ1n) is 10.7. The molecule has 166 valence electrons. The van der Waals surface area contributed by atoms with Crippen LogP contribution in [0.1, 0.15) is 43.7 Å². The molecule has 1 aliphatic carbocycles. The molecule has 31 heavy (non-hydrogen) atoms. The second-order valence-corrected chi connectivity index (χ2v) is 8.69. The lowest BCUT2D eigenvalue weighted by atomic mass is 9.80. The van der Waals surface area contributed by atoms with Gasteiger partial charge in [0.1, 0.15) is 17.5 Å². The molecule has 5 rings (SSSR count). The average Bonchev–Trinajstić information content (AvgIpc) is 3.46. The molecule has 3 aromatic rings. The standard InChI is InChI=1S/C20H24F3N7O/c21-20(22,23)19(31)26-14-6-8-29(10-14)9-12-1-3-13(4-2-12)16-17-15-5-7-24-18(15)25-11-30(17)28-27-16/h5,7,11-14,24H,1-4,6,8-10H2,(H,26,31)/t12?,13?,14-/m1/s1. The fourth-order valence-electron chi connectivity index (χ4n) is 5.06. The zero-order valence-electron chi connectivity index (χ0n) is 16.9. The van der Waals surface area contributed by atoms with E-state index in [-0.39, 0.29) is 0 Å². The minimum atomic E-state index is -4.82. The summed E-state index contributed by atoms with van der Waals surface area (Å²) in [5, 5.41) is 11.8. The van der Waals surface area contributed by atoms with Gasteiger partial charge >= 0.3 is 12.1 Å². The zero-order chi connectivity index (χ0) is 21.6. The van der Waals surface area contributed by atoms with Gasteiger partial charge in [0.2, 0.25) is 0 Å². The lowest BCUT2D eigenvalue weighted by Crippen LogP contribution is -2.44. The van der Waals surface area contributed by atoms with Crippen LogP contribution in [0, 0.1) is 5.92 Å². The molecule has 0 unspecified atom stereocenters. The van der Waals surface area contributed by atoms with E-state index in [0.717, 1.165) is 61.0 Å². The van der Waals surface area contributed by atoms with Crippen molar-refractivity contribution in [3.63, 3.8) is 0 Å². The monoisotopic (exact) mass is 435 g/mol. The van der Waals surface area contributed by atoms with Crippen molar-refractivity contribution in [1.29, 1.82) is 0 Å². The molecule has 1 aliphatic heterocycles. The number of H-pyrrole nitrogens is 1. The van der Waals surface area contributed by atoms with Crippen LogP contribution in [-0.4, -0.2) is 67.5 Å². The topological polar surface area (TPSA) is 91.2 Å². The van der Waals surface area contributed by atoms with E-state index in [1.165, 1.54) is 0 Å². The van der Waals surface area contributed by atoms with Crippen LogP contribution in [-0.2, 0) is 4.79 Å². The number of carbonyl (C=O) groups excluding carboxylic acids is 1. The van der Waals surface area contributed by atoms with Gasteiger partial charge in [0.15, 0.2) is 0 Å². The van der Waals surface area contributed by atoms with Gasteiger partial charge in [-0.3, -0.25) is 4.79 Å². The van der Waals surface area contributed by atoms with Crippen molar-refractivity contribution in [2.75, 3.05) is 19.6 Å². The number of nitrogens with one attached hydrogen (secondary N) is 2. The lowest BCUT2D eigenvalue weighted by molar-refractivity contribution is -0.174. The summed E-state index contributed by atoms with van der Waals surface area (Å²) < 4.78 is 39.1. The Balaban J connectivity index is 1.17. The molecule has 1 amide bonds. The van der Waals surface area contributed by atoms with Gasteiger partial charge in [-0.05, 0) is 44.1 Å². The van der Waals surface area contributed by atoms with Crippen LogP contribution in [0.2, 0.25) is 0 Å². The molecule has 0 spiro atoms. The summed E-state index contributed by atoms with van der Waals surface area (Å²) in [7, 11) is 0. The van der Waals surface area contributed by atoms with E-state index >= 15 is 0 Å². The molecule has 3 aromatic heterocycles. The van der Waals surface area contributed by atoms with Gasteiger partial charge in [-0.25, -0.2) is 9.50 Å². The normalized spacial score (nSPS) is 25.5. The number of rotatable bonds is 4. The third-order valence-electron chi connectivity index (χ3n) is 6.61. The number of fused-ring (bicyclic) bond motifs is 3. The number of amides is 1. The first kappa shape index (κ1) is 20.2. The molecule has 1 saturated carbocycles. The van der Waals surface area contributed by atoms with Crippen molar-refractivity contribution < 1.29 is 18.0 Å². The second kappa shape index (κ2) is 7.77. The maximum Gasteiger partial charge on any atom is 0.471 e. The van der Waals surface area contributed by atoms with Crippen molar-refractivity contribution >= 4 is 22.5 Å². The number of alkyl halides is 3. The fraction of sp³-hybridized carbons (Fsp3) is 0.600. The number of aromatic nitrogens is 5. The van der Waals surface area contributed by atoms with E-state index in [9.17, 15) is 18.0 Å². The summed E-state index contributed by atoms with van der Waals surface area (Å²) in [6.45, 7) is 2.06. The molecule has 2 aliphatic rings. The van der Waals surface area contributed by atoms with Crippen molar-refractivity contribution in [3.05, 3.63) is 24.3 Å². The third-order valence-corrected chi connectivity index (χ3v) is 6.61. The quantitative estimate of drug-likeness (QED) is 0.658. The van der Waals surface area contributed by atoms with Crippen LogP contribution in [0.3, 0.4) is 0 Å². The van der Waals surface area contributed by atoms with Gasteiger partial charge in [0, 0.05) is 43.2 Å². The summed E-state index contributed by atoms with van der Waals surface area (Å²) in [5.74, 6) is -0.997. The second-order valence-electron chi connectivity index (χ2n) is 8.69. The molecule has 0 radical (unpaired) electrons. The number of carbonyl (C=O) groups is 1. The largest absolute Gasteiger partial charge is 0.471 e. The number of nitrogens with zero attached hydrogens (tertiary/aromatic N) is 5. The predicted molar refractivity (Wildman–Crippen MR) is 106 cm³/mol. The van der Waals surface area contributed by atoms with Crippen molar-refractivity contribution in [2.45, 2.75) is 50.2 Å². The van der Waals surface area contributed by atoms with Crippen molar-refractivity contribution in [1.82, 2.24) is 35.0 Å². The Hall–Kier alpha value is -2.69. The van der Waals surface area contributed by atoms with E-state index < -0.39 is 18.1 Å². The van der Waals surface area contributed by atoms with Crippen LogP contribution in [0.25, 0.3) is 16.6 Å². The Labute approximate surface area is 176 Å². The molecule has 11 heteroatoms. The lowest BCUT2D eigenvalue weighted by Gasteiger charge is -2.30. The number of hydrogen-bond acceptors (Lipinski definition) is 5. The van der Waals surface area contributed by atoms with Gasteiger partial charge in [-0.2, -0.15) is 13.2 Å². The average molecular weight is 435 g/mol. The highest BCUT2D eigenvalue weighted by Gasteiger charge is 2.40. The Bertz CT molecular complexity index is 1080. The summed E-state index contributed by atoms with van der Waals surface area (Å²) in [4.78, 5) is 20.8. The Morgan fingerprint density at radius 3 is 2.81 bits per heavy atom. The molecular formula is C20H24F3N7O. The summed E-state index contributed by atoms with van der Waals surface area (Å²) in [6.07, 6.45) is 3.39. The Kier molecular flexibility index (Phi) is 5.07. The smallest absolute Gasteiger partial charge is 0.346 e. The maximum atomic E-state index is 12.4. The number of hydrogen-bond donors (Lipinski definition) is 2. The number of likely N-dealkylation sites (tertiary alicyclic amines) is 1. The molecule has 8 nitrogen and oxygen atoms in total. The van der Waals surface area contributed by atoms with Gasteiger partial charge in [-0.1, -0.05) is 5.21 Å². The fourth-order valence-corrected chi connectivity index (χ4v) is 5.06. The van der Waals surface area contributed by atoms with Gasteiger partial charge in [0.05, 0.1) is 5.69 Å². The molecule has 4 heterocycles. The van der Waals surface area contributed by atoms with Crippen molar-refractivity contribution in [3.8, 4) is 0 Å². The highest BCUT2D eigenvalue weighted by Crippen LogP contribution is 2.38. The first-order valence-corrected chi connectivity index (χ1v) is 10.7. The highest BCUT2D eigenvalue weighted by molar-refractivity contribution is 5.92. The maximum absolute atomic E-state index is 12.4. The molecule has 0 aromatic carbocycles. The highest BCUT2D eigenvalue weighted by atomic mass is 19.4. The SMILES string of the molecule is O=C(N[C@@H]1CCN(CC2CCC(c3nnn4cnc5[nH]ccc5c34)CC2)C1)C(F)(F)F. The zero-order valence-corrected chi connectivity index (χ0v) is 16.9. The van der Waals surface area contributed by atoms with Crippen LogP contribution in [0.15, 0.2) is 18.6 Å². The molecule has 1 saturated heterocycles. The summed E-state index contributed by atoms with van der Waals surface area (Å²) in [6, 6.07) is 1.57. The predicted octanol–water partition coefficient (Wildman–Crippen LogP) is 2.63. The van der Waals surface area contributed by atoms with E-state index in [1.807, 2.05) is 12.3 Å². The molecule has 2 fully saturated rings. The van der Waals surface area contributed by atoms with Crippen LogP contribution in [0.5, 0.6) is 0 Å². The Morgan fingerprint density at radius 2 is 2.03 bits per heavy atom.